The molecule has 0 aliphatic carbocycles. The lowest BCUT2D eigenvalue weighted by atomic mass is 10.2. The van der Waals surface area contributed by atoms with Crippen LogP contribution in [0.1, 0.15) is 6.42 Å². The van der Waals surface area contributed by atoms with E-state index in [0.717, 1.165) is 12.0 Å². The van der Waals surface area contributed by atoms with Gasteiger partial charge in [-0.1, -0.05) is 49.6 Å². The molecule has 0 atom stereocenters. The monoisotopic (exact) mass is 219 g/mol. The maximum absolute atomic E-state index is 11.9. The van der Waals surface area contributed by atoms with Crippen LogP contribution < -0.4 is 5.73 Å². The molecule has 0 bridgehead atoms. The molecule has 0 aliphatic rings. The summed E-state index contributed by atoms with van der Waals surface area (Å²) in [5, 5.41) is 0. The van der Waals surface area contributed by atoms with Gasteiger partial charge in [-0.2, -0.15) is 0 Å². The van der Waals surface area contributed by atoms with Crippen molar-refractivity contribution in [3.63, 3.8) is 0 Å². The Morgan fingerprint density at radius 1 is 1.25 bits per heavy atom. The van der Waals surface area contributed by atoms with Crippen molar-refractivity contribution < 1.29 is 4.39 Å². The first-order valence-corrected chi connectivity index (χ1v) is 5.09. The molecule has 0 unspecified atom stereocenters. The van der Waals surface area contributed by atoms with Crippen molar-refractivity contribution >= 4 is 0 Å². The second-order valence-corrected chi connectivity index (χ2v) is 3.02. The van der Waals surface area contributed by atoms with Crippen LogP contribution in [0.5, 0.6) is 0 Å². The Morgan fingerprint density at radius 3 is 2.19 bits per heavy atom. The maximum Gasteiger partial charge on any atom is 0.123 e. The van der Waals surface area contributed by atoms with Gasteiger partial charge in [0.2, 0.25) is 0 Å². The van der Waals surface area contributed by atoms with E-state index in [1.54, 1.807) is 30.4 Å². The fourth-order valence-corrected chi connectivity index (χ4v) is 0.986. The smallest absolute Gasteiger partial charge is 0.123 e. The van der Waals surface area contributed by atoms with E-state index in [1.807, 2.05) is 6.08 Å². The standard InChI is InChI=1S/C8H13N.C6H5F/c1-3-5-8(4-2)6-7-9;7-6-4-2-1-3-5-6/h3-5H,1-2,6-7,9H2;1-5H/b8-5+;. The van der Waals surface area contributed by atoms with Gasteiger partial charge >= 0.3 is 0 Å². The van der Waals surface area contributed by atoms with Gasteiger partial charge in [0.1, 0.15) is 5.82 Å². The van der Waals surface area contributed by atoms with Crippen LogP contribution in [0.4, 0.5) is 4.39 Å². The molecule has 0 fully saturated rings. The highest BCUT2D eigenvalue weighted by Gasteiger charge is 1.84. The molecule has 0 saturated heterocycles. The molecule has 1 aromatic rings. The Morgan fingerprint density at radius 2 is 1.88 bits per heavy atom. The minimum atomic E-state index is -0.178. The fraction of sp³-hybridized carbons (Fsp3) is 0.143. The zero-order chi connectivity index (χ0) is 12.2. The molecular weight excluding hydrogens is 201 g/mol. The number of allylic oxidation sites excluding steroid dienone is 3. The second-order valence-electron chi connectivity index (χ2n) is 3.02. The third-order valence-corrected chi connectivity index (χ3v) is 1.76. The van der Waals surface area contributed by atoms with Crippen LogP contribution in [0, 0.1) is 5.82 Å². The molecule has 1 nitrogen and oxygen atoms in total. The Bertz CT molecular complexity index is 328. The summed E-state index contributed by atoms with van der Waals surface area (Å²) in [7, 11) is 0. The van der Waals surface area contributed by atoms with E-state index in [-0.39, 0.29) is 5.82 Å². The van der Waals surface area contributed by atoms with Crippen molar-refractivity contribution in [1.82, 2.24) is 0 Å². The topological polar surface area (TPSA) is 26.0 Å². The fourth-order valence-electron chi connectivity index (χ4n) is 0.986. The lowest BCUT2D eigenvalue weighted by Gasteiger charge is -1.94. The van der Waals surface area contributed by atoms with E-state index in [2.05, 4.69) is 13.2 Å². The summed E-state index contributed by atoms with van der Waals surface area (Å²) in [6.45, 7) is 7.86. The zero-order valence-corrected chi connectivity index (χ0v) is 9.40. The molecule has 1 rings (SSSR count). The van der Waals surface area contributed by atoms with Gasteiger partial charge in [-0.05, 0) is 30.7 Å². The predicted octanol–water partition coefficient (Wildman–Crippen LogP) is 3.46. The average Bonchev–Trinajstić information content (AvgIpc) is 2.30. The van der Waals surface area contributed by atoms with Crippen molar-refractivity contribution in [3.8, 4) is 0 Å². The molecule has 0 heterocycles. The van der Waals surface area contributed by atoms with Gasteiger partial charge in [0.25, 0.3) is 0 Å². The van der Waals surface area contributed by atoms with Gasteiger partial charge in [-0.25, -0.2) is 4.39 Å². The molecule has 86 valence electrons. The number of benzene rings is 1. The van der Waals surface area contributed by atoms with Crippen LogP contribution in [0.15, 0.2) is 67.3 Å². The summed E-state index contributed by atoms with van der Waals surface area (Å²) in [6.07, 6.45) is 6.34. The Kier molecular flexibility index (Phi) is 8.84. The highest BCUT2D eigenvalue weighted by atomic mass is 19.1. The van der Waals surface area contributed by atoms with Crippen molar-refractivity contribution in [1.29, 1.82) is 0 Å². The predicted molar refractivity (Wildman–Crippen MR) is 68.5 cm³/mol. The number of halogens is 1. The Hall–Kier alpha value is -1.67. The van der Waals surface area contributed by atoms with Gasteiger partial charge in [-0.3, -0.25) is 0 Å². The van der Waals surface area contributed by atoms with Crippen molar-refractivity contribution in [2.24, 2.45) is 5.73 Å². The van der Waals surface area contributed by atoms with E-state index in [9.17, 15) is 4.39 Å². The molecule has 0 radical (unpaired) electrons. The first-order valence-electron chi connectivity index (χ1n) is 5.09. The summed E-state index contributed by atoms with van der Waals surface area (Å²) in [6, 6.07) is 7.94. The molecule has 0 spiro atoms. The Labute approximate surface area is 96.8 Å². The second kappa shape index (κ2) is 9.87. The normalized spacial score (nSPS) is 10.0. The van der Waals surface area contributed by atoms with E-state index in [1.165, 1.54) is 12.1 Å². The third-order valence-electron chi connectivity index (χ3n) is 1.76. The summed E-state index contributed by atoms with van der Waals surface area (Å²) in [4.78, 5) is 0. The number of nitrogens with two attached hydrogens (primary N) is 1. The van der Waals surface area contributed by atoms with E-state index >= 15 is 0 Å². The number of hydrogen-bond acceptors (Lipinski definition) is 1. The van der Waals surface area contributed by atoms with Crippen molar-refractivity contribution in [2.75, 3.05) is 6.54 Å². The molecule has 0 amide bonds. The summed E-state index contributed by atoms with van der Waals surface area (Å²) < 4.78 is 11.9. The molecule has 1 aromatic carbocycles. The lowest BCUT2D eigenvalue weighted by Crippen LogP contribution is -1.98. The van der Waals surface area contributed by atoms with Crippen LogP contribution in [0.2, 0.25) is 0 Å². The molecule has 0 aromatic heterocycles. The van der Waals surface area contributed by atoms with Gasteiger partial charge in [0, 0.05) is 0 Å². The highest BCUT2D eigenvalue weighted by molar-refractivity contribution is 5.20. The first kappa shape index (κ1) is 14.3. The lowest BCUT2D eigenvalue weighted by molar-refractivity contribution is 0.628. The van der Waals surface area contributed by atoms with Crippen LogP contribution in [0.25, 0.3) is 0 Å². The SMILES string of the molecule is C=C/C=C(\C=C)CCN.Fc1ccccc1. The minimum absolute atomic E-state index is 0.178. The average molecular weight is 219 g/mol. The highest BCUT2D eigenvalue weighted by Crippen LogP contribution is 1.99. The van der Waals surface area contributed by atoms with Crippen LogP contribution in [-0.4, -0.2) is 6.54 Å². The van der Waals surface area contributed by atoms with E-state index in [4.69, 9.17) is 5.73 Å². The summed E-state index contributed by atoms with van der Waals surface area (Å²) in [5.41, 5.74) is 6.46. The van der Waals surface area contributed by atoms with Crippen molar-refractivity contribution in [3.05, 3.63) is 73.1 Å². The van der Waals surface area contributed by atoms with Crippen LogP contribution >= 0.6 is 0 Å². The molecule has 0 aliphatic heterocycles. The first-order chi connectivity index (χ1) is 7.74. The summed E-state index contributed by atoms with van der Waals surface area (Å²) >= 11 is 0. The van der Waals surface area contributed by atoms with Crippen LogP contribution in [0.3, 0.4) is 0 Å². The molecular formula is C14H18FN. The van der Waals surface area contributed by atoms with Gasteiger partial charge in [-0.15, -0.1) is 0 Å². The minimum Gasteiger partial charge on any atom is -0.330 e. The quantitative estimate of drug-likeness (QED) is 0.771. The maximum atomic E-state index is 11.9. The molecule has 2 N–H and O–H groups in total. The van der Waals surface area contributed by atoms with Crippen LogP contribution in [-0.2, 0) is 0 Å². The van der Waals surface area contributed by atoms with Gasteiger partial charge < -0.3 is 5.73 Å². The van der Waals surface area contributed by atoms with E-state index < -0.39 is 0 Å². The largest absolute Gasteiger partial charge is 0.330 e. The number of hydrogen-bond donors (Lipinski definition) is 1. The van der Waals surface area contributed by atoms with Gasteiger partial charge in [0.05, 0.1) is 0 Å². The molecule has 0 saturated carbocycles. The van der Waals surface area contributed by atoms with E-state index in [0.29, 0.717) is 6.54 Å². The summed E-state index contributed by atoms with van der Waals surface area (Å²) in [5.74, 6) is -0.178. The zero-order valence-electron chi connectivity index (χ0n) is 9.40. The van der Waals surface area contributed by atoms with Gasteiger partial charge in [0.15, 0.2) is 0 Å². The Balaban J connectivity index is 0.000000288. The molecule has 16 heavy (non-hydrogen) atoms. The van der Waals surface area contributed by atoms with Crippen molar-refractivity contribution in [2.45, 2.75) is 6.42 Å². The number of rotatable bonds is 4. The third kappa shape index (κ3) is 7.71. The molecule has 2 heteroatoms.